The third-order valence-electron chi connectivity index (χ3n) is 4.92. The Bertz CT molecular complexity index is 565. The number of rotatable bonds is 8. The zero-order valence-corrected chi connectivity index (χ0v) is 25.9. The highest BCUT2D eigenvalue weighted by atomic mass is 16.3. The quantitative estimate of drug-likeness (QED) is 0.247. The van der Waals surface area contributed by atoms with Crippen LogP contribution in [0.5, 0.6) is 0 Å². The van der Waals surface area contributed by atoms with E-state index in [2.05, 4.69) is 26.1 Å². The Kier molecular flexibility index (Phi) is 24.2. The van der Waals surface area contributed by atoms with Crippen molar-refractivity contribution in [3.63, 3.8) is 0 Å². The summed E-state index contributed by atoms with van der Waals surface area (Å²) in [4.78, 5) is 22.1. The summed E-state index contributed by atoms with van der Waals surface area (Å²) in [5.41, 5.74) is 5.21. The number of Topliss-reactive ketones (excluding diaryl/α,β-unsaturated/α-hetero) is 1. The molecule has 0 bridgehead atoms. The second kappa shape index (κ2) is 20.8. The van der Waals surface area contributed by atoms with Crippen molar-refractivity contribution in [2.45, 2.75) is 102 Å². The average Bonchev–Trinajstić information content (AvgIpc) is 2.69. The van der Waals surface area contributed by atoms with E-state index in [0.29, 0.717) is 25.0 Å². The normalized spacial score (nSPS) is 12.7. The Morgan fingerprint density at radius 1 is 0.703 bits per heavy atom. The van der Waals surface area contributed by atoms with Crippen molar-refractivity contribution in [3.8, 4) is 0 Å². The minimum absolute atomic E-state index is 0.00606. The molecule has 0 aliphatic heterocycles. The van der Waals surface area contributed by atoms with Crippen LogP contribution in [-0.2, 0) is 9.59 Å². The Balaban J connectivity index is -0.000000199. The Hall–Kier alpha value is -1.10. The Morgan fingerprint density at radius 2 is 1.14 bits per heavy atom. The average molecular weight is 539 g/mol. The number of nitrogens with one attached hydrogen (secondary N) is 1. The summed E-state index contributed by atoms with van der Waals surface area (Å²) in [7, 11) is 0. The number of carbonyl (C=O) groups excluding carboxylic acids is 2. The Morgan fingerprint density at radius 3 is 1.27 bits per heavy atom. The van der Waals surface area contributed by atoms with Gasteiger partial charge in [-0.25, -0.2) is 0 Å². The monoisotopic (exact) mass is 538 g/mol. The molecular formula is C28H62N2O7. The van der Waals surface area contributed by atoms with Gasteiger partial charge in [-0.3, -0.25) is 9.59 Å². The molecular weight excluding hydrogens is 476 g/mol. The highest BCUT2D eigenvalue weighted by molar-refractivity contribution is 5.88. The zero-order chi connectivity index (χ0) is 30.7. The molecule has 37 heavy (non-hydrogen) atoms. The third-order valence-corrected chi connectivity index (χ3v) is 4.92. The number of hydrogen-bond acceptors (Lipinski definition) is 8. The van der Waals surface area contributed by atoms with Crippen molar-refractivity contribution in [2.75, 3.05) is 39.6 Å². The molecule has 0 heterocycles. The van der Waals surface area contributed by atoms with Crippen molar-refractivity contribution in [3.05, 3.63) is 0 Å². The summed E-state index contributed by atoms with van der Waals surface area (Å²) < 4.78 is 0. The van der Waals surface area contributed by atoms with Crippen LogP contribution in [0.4, 0.5) is 0 Å². The SMILES string of the molecule is CC(C)(C)C(=O)C(N)CO.CC(C)(C)C(CO)CO.CC(C)(C)CC(=O)NCCO.CC(C)(C)CCO. The van der Waals surface area contributed by atoms with E-state index in [1.54, 1.807) is 20.8 Å². The van der Waals surface area contributed by atoms with Gasteiger partial charge in [0.05, 0.1) is 19.3 Å². The van der Waals surface area contributed by atoms with Crippen LogP contribution in [0.15, 0.2) is 0 Å². The number of aliphatic hydroxyl groups excluding tert-OH is 5. The molecule has 1 atom stereocenters. The van der Waals surface area contributed by atoms with Crippen molar-refractivity contribution in [1.29, 1.82) is 0 Å². The fourth-order valence-electron chi connectivity index (χ4n) is 2.32. The van der Waals surface area contributed by atoms with E-state index in [0.717, 1.165) is 6.42 Å². The molecule has 1 unspecified atom stereocenters. The van der Waals surface area contributed by atoms with Crippen molar-refractivity contribution in [2.24, 2.45) is 33.3 Å². The summed E-state index contributed by atoms with van der Waals surface area (Å²) in [6.45, 7) is 24.3. The highest BCUT2D eigenvalue weighted by Crippen LogP contribution is 2.24. The molecule has 1 amide bonds. The van der Waals surface area contributed by atoms with Gasteiger partial charge in [-0.05, 0) is 22.7 Å². The smallest absolute Gasteiger partial charge is 0.220 e. The van der Waals surface area contributed by atoms with Gasteiger partial charge in [0, 0.05) is 44.1 Å². The lowest BCUT2D eigenvalue weighted by molar-refractivity contribution is -0.128. The van der Waals surface area contributed by atoms with Crippen LogP contribution < -0.4 is 11.1 Å². The minimum atomic E-state index is -0.722. The molecule has 0 aromatic carbocycles. The van der Waals surface area contributed by atoms with Gasteiger partial charge in [0.15, 0.2) is 5.78 Å². The number of amides is 1. The van der Waals surface area contributed by atoms with Crippen LogP contribution in [0.25, 0.3) is 0 Å². The van der Waals surface area contributed by atoms with Crippen LogP contribution in [0, 0.1) is 27.6 Å². The topological polar surface area (TPSA) is 173 Å². The number of aliphatic hydroxyl groups is 5. The summed E-state index contributed by atoms with van der Waals surface area (Å²) in [6, 6.07) is -0.722. The van der Waals surface area contributed by atoms with Gasteiger partial charge in [-0.2, -0.15) is 0 Å². The van der Waals surface area contributed by atoms with Gasteiger partial charge in [0.25, 0.3) is 0 Å². The first kappa shape index (κ1) is 43.0. The maximum absolute atomic E-state index is 11.1. The summed E-state index contributed by atoms with van der Waals surface area (Å²) in [5.74, 6) is -0.0842. The van der Waals surface area contributed by atoms with E-state index in [4.69, 9.17) is 31.3 Å². The molecule has 0 fully saturated rings. The first-order valence-corrected chi connectivity index (χ1v) is 13.0. The number of hydrogen-bond donors (Lipinski definition) is 7. The largest absolute Gasteiger partial charge is 0.396 e. The van der Waals surface area contributed by atoms with Gasteiger partial charge < -0.3 is 36.6 Å². The molecule has 0 rings (SSSR count). The van der Waals surface area contributed by atoms with Gasteiger partial charge in [0.1, 0.15) is 0 Å². The highest BCUT2D eigenvalue weighted by Gasteiger charge is 2.26. The predicted octanol–water partition coefficient (Wildman–Crippen LogP) is 2.50. The molecule has 226 valence electrons. The molecule has 9 heteroatoms. The molecule has 0 radical (unpaired) electrons. The van der Waals surface area contributed by atoms with Gasteiger partial charge in [-0.1, -0.05) is 83.1 Å². The number of carbonyl (C=O) groups is 2. The number of nitrogens with two attached hydrogens (primary N) is 1. The summed E-state index contributed by atoms with van der Waals surface area (Å²) in [6.07, 6.45) is 1.40. The lowest BCUT2D eigenvalue weighted by Crippen LogP contribution is -2.41. The van der Waals surface area contributed by atoms with Crippen LogP contribution >= 0.6 is 0 Å². The Labute approximate surface area is 227 Å². The van der Waals surface area contributed by atoms with Gasteiger partial charge in [0.2, 0.25) is 5.91 Å². The van der Waals surface area contributed by atoms with Crippen LogP contribution in [0.3, 0.4) is 0 Å². The van der Waals surface area contributed by atoms with Crippen LogP contribution in [0.2, 0.25) is 0 Å². The maximum atomic E-state index is 11.1. The standard InChI is InChI=1S/C8H17NO2.C7H15NO2.C7H16O2.C6H14O/c1-8(2,3)6-7(11)9-4-5-10;1-7(2,3)6(10)5(8)4-9;1-7(2,3)6(4-8)5-9;1-6(2,3)4-5-7/h10H,4-6H2,1-3H3,(H,9,11);5,9H,4,8H2,1-3H3;6,8-9H,4-5H2,1-3H3;7H,4-5H2,1-3H3. The maximum Gasteiger partial charge on any atom is 0.220 e. The molecule has 8 N–H and O–H groups in total. The van der Waals surface area contributed by atoms with E-state index in [-0.39, 0.29) is 54.9 Å². The van der Waals surface area contributed by atoms with Crippen LogP contribution in [-0.4, -0.2) is 82.8 Å². The second-order valence-electron chi connectivity index (χ2n) is 13.7. The van der Waals surface area contributed by atoms with Gasteiger partial charge >= 0.3 is 0 Å². The molecule has 0 aliphatic rings. The third kappa shape index (κ3) is 32.9. The lowest BCUT2D eigenvalue weighted by Gasteiger charge is -2.26. The van der Waals surface area contributed by atoms with Crippen molar-refractivity contribution in [1.82, 2.24) is 5.32 Å². The molecule has 0 spiro atoms. The van der Waals surface area contributed by atoms with E-state index in [9.17, 15) is 9.59 Å². The zero-order valence-electron chi connectivity index (χ0n) is 25.9. The predicted molar refractivity (Wildman–Crippen MR) is 152 cm³/mol. The molecule has 0 aromatic heterocycles. The number of ketones is 1. The van der Waals surface area contributed by atoms with E-state index in [1.165, 1.54) is 0 Å². The van der Waals surface area contributed by atoms with Gasteiger partial charge in [-0.15, -0.1) is 0 Å². The molecule has 0 saturated carbocycles. The fraction of sp³-hybridized carbons (Fsp3) is 0.929. The first-order valence-electron chi connectivity index (χ1n) is 13.0. The van der Waals surface area contributed by atoms with E-state index < -0.39 is 11.5 Å². The van der Waals surface area contributed by atoms with E-state index >= 15 is 0 Å². The van der Waals surface area contributed by atoms with Crippen molar-refractivity contribution >= 4 is 11.7 Å². The fourth-order valence-corrected chi connectivity index (χ4v) is 2.32. The molecule has 9 nitrogen and oxygen atoms in total. The second-order valence-corrected chi connectivity index (χ2v) is 13.7. The minimum Gasteiger partial charge on any atom is -0.396 e. The first-order chi connectivity index (χ1) is 16.4. The van der Waals surface area contributed by atoms with E-state index in [1.807, 2.05) is 41.5 Å². The molecule has 0 saturated heterocycles. The molecule has 0 aromatic rings. The molecule has 0 aliphatic carbocycles. The summed E-state index contributed by atoms with van der Waals surface area (Å²) >= 11 is 0. The lowest BCUT2D eigenvalue weighted by atomic mass is 9.82. The summed E-state index contributed by atoms with van der Waals surface area (Å²) in [5, 5.41) is 45.3. The van der Waals surface area contributed by atoms with Crippen LogP contribution in [0.1, 0.15) is 95.9 Å². The van der Waals surface area contributed by atoms with Crippen molar-refractivity contribution < 1.29 is 35.1 Å².